The van der Waals surface area contributed by atoms with Crippen molar-refractivity contribution in [3.63, 3.8) is 0 Å². The van der Waals surface area contributed by atoms with E-state index in [9.17, 15) is 23.7 Å². The number of fused-ring (bicyclic) bond motifs is 1. The van der Waals surface area contributed by atoms with Crippen LogP contribution in [0.5, 0.6) is 0 Å². The summed E-state index contributed by atoms with van der Waals surface area (Å²) < 4.78 is 37.9. The van der Waals surface area contributed by atoms with E-state index >= 15 is 0 Å². The number of carbonyl (C=O) groups excluding carboxylic acids is 1. The SMILES string of the molecule is O=C(c1ccc([N+](=O)[O-])o1)N(Cc1ccco1)c1nc2c(F)cc(F)cc2s1. The van der Waals surface area contributed by atoms with Crippen LogP contribution >= 0.6 is 11.3 Å². The second-order valence-corrected chi connectivity index (χ2v) is 6.61. The van der Waals surface area contributed by atoms with Gasteiger partial charge in [-0.15, -0.1) is 0 Å². The van der Waals surface area contributed by atoms with E-state index in [0.717, 1.165) is 34.4 Å². The Bertz CT molecular complexity index is 1190. The summed E-state index contributed by atoms with van der Waals surface area (Å²) in [4.78, 5) is 28.1. The van der Waals surface area contributed by atoms with Crippen molar-refractivity contribution in [2.75, 3.05) is 4.90 Å². The van der Waals surface area contributed by atoms with E-state index in [2.05, 4.69) is 4.98 Å². The third kappa shape index (κ3) is 3.22. The number of nitro groups is 1. The van der Waals surface area contributed by atoms with Gasteiger partial charge in [-0.25, -0.2) is 13.8 Å². The van der Waals surface area contributed by atoms with Gasteiger partial charge in [-0.2, -0.15) is 0 Å². The summed E-state index contributed by atoms with van der Waals surface area (Å²) in [7, 11) is 0. The van der Waals surface area contributed by atoms with Crippen molar-refractivity contribution in [3.05, 3.63) is 75.9 Å². The van der Waals surface area contributed by atoms with Crippen LogP contribution in [0.3, 0.4) is 0 Å². The molecule has 0 saturated heterocycles. The highest BCUT2D eigenvalue weighted by Gasteiger charge is 2.27. The van der Waals surface area contributed by atoms with Gasteiger partial charge >= 0.3 is 5.88 Å². The first kappa shape index (κ1) is 17.8. The Balaban J connectivity index is 1.78. The van der Waals surface area contributed by atoms with Gasteiger partial charge < -0.3 is 8.83 Å². The lowest BCUT2D eigenvalue weighted by Gasteiger charge is -2.17. The smallest absolute Gasteiger partial charge is 0.433 e. The van der Waals surface area contributed by atoms with E-state index in [1.807, 2.05) is 0 Å². The van der Waals surface area contributed by atoms with Crippen molar-refractivity contribution in [2.24, 2.45) is 0 Å². The number of furan rings is 2. The molecule has 3 aromatic heterocycles. The van der Waals surface area contributed by atoms with Crippen LogP contribution in [-0.2, 0) is 6.54 Å². The van der Waals surface area contributed by atoms with Crippen LogP contribution in [0.2, 0.25) is 0 Å². The molecule has 0 unspecified atom stereocenters. The molecule has 3 heterocycles. The number of aromatic nitrogens is 1. The second-order valence-electron chi connectivity index (χ2n) is 5.60. The maximum Gasteiger partial charge on any atom is 0.433 e. The quantitative estimate of drug-likeness (QED) is 0.357. The number of hydrogen-bond donors (Lipinski definition) is 0. The van der Waals surface area contributed by atoms with E-state index in [1.54, 1.807) is 12.1 Å². The minimum atomic E-state index is -0.864. The summed E-state index contributed by atoms with van der Waals surface area (Å²) in [6, 6.07) is 7.23. The first-order chi connectivity index (χ1) is 13.4. The van der Waals surface area contributed by atoms with Crippen molar-refractivity contribution in [1.82, 2.24) is 4.98 Å². The van der Waals surface area contributed by atoms with Crippen LogP contribution in [0.1, 0.15) is 16.3 Å². The lowest BCUT2D eigenvalue weighted by atomic mass is 10.3. The van der Waals surface area contributed by atoms with Crippen molar-refractivity contribution < 1.29 is 27.3 Å². The summed E-state index contributed by atoms with van der Waals surface area (Å²) in [5.74, 6) is -2.89. The first-order valence-electron chi connectivity index (χ1n) is 7.76. The summed E-state index contributed by atoms with van der Waals surface area (Å²) in [6.07, 6.45) is 1.41. The van der Waals surface area contributed by atoms with Gasteiger partial charge in [-0.1, -0.05) is 11.3 Å². The molecule has 0 radical (unpaired) electrons. The number of benzene rings is 1. The molecule has 11 heteroatoms. The van der Waals surface area contributed by atoms with Gasteiger partial charge in [0, 0.05) is 6.07 Å². The minimum absolute atomic E-state index is 0.0555. The fourth-order valence-corrected chi connectivity index (χ4v) is 3.52. The van der Waals surface area contributed by atoms with Crippen LogP contribution in [0, 0.1) is 21.7 Å². The molecule has 0 spiro atoms. The Morgan fingerprint density at radius 1 is 1.29 bits per heavy atom. The van der Waals surface area contributed by atoms with Gasteiger partial charge in [0.1, 0.15) is 22.0 Å². The Morgan fingerprint density at radius 3 is 2.79 bits per heavy atom. The molecule has 0 aliphatic rings. The number of hydrogen-bond acceptors (Lipinski definition) is 7. The molecule has 0 bridgehead atoms. The number of carbonyl (C=O) groups is 1. The zero-order valence-electron chi connectivity index (χ0n) is 13.8. The van der Waals surface area contributed by atoms with Gasteiger partial charge in [0.15, 0.2) is 16.7 Å². The van der Waals surface area contributed by atoms with Crippen LogP contribution in [0.4, 0.5) is 19.8 Å². The molecular formula is C17H9F2N3O5S. The van der Waals surface area contributed by atoms with E-state index in [-0.39, 0.29) is 27.7 Å². The van der Waals surface area contributed by atoms with Gasteiger partial charge in [-0.05, 0) is 24.3 Å². The molecule has 28 heavy (non-hydrogen) atoms. The first-order valence-corrected chi connectivity index (χ1v) is 8.58. The fourth-order valence-electron chi connectivity index (χ4n) is 2.52. The molecule has 0 fully saturated rings. The van der Waals surface area contributed by atoms with E-state index < -0.39 is 28.3 Å². The van der Waals surface area contributed by atoms with E-state index in [1.165, 1.54) is 6.26 Å². The fraction of sp³-hybridized carbons (Fsp3) is 0.0588. The van der Waals surface area contributed by atoms with Crippen molar-refractivity contribution >= 4 is 38.5 Å². The summed E-state index contributed by atoms with van der Waals surface area (Å²) in [5, 5.41) is 10.9. The Kier molecular flexibility index (Phi) is 4.35. The van der Waals surface area contributed by atoms with Crippen LogP contribution < -0.4 is 4.90 Å². The lowest BCUT2D eigenvalue weighted by molar-refractivity contribution is -0.402. The molecule has 0 N–H and O–H groups in total. The Hall–Kier alpha value is -3.60. The maximum atomic E-state index is 14.0. The molecule has 0 aliphatic carbocycles. The zero-order chi connectivity index (χ0) is 19.8. The molecular weight excluding hydrogens is 396 g/mol. The molecule has 4 aromatic rings. The molecule has 0 aliphatic heterocycles. The van der Waals surface area contributed by atoms with Crippen LogP contribution in [-0.4, -0.2) is 15.8 Å². The van der Waals surface area contributed by atoms with Crippen molar-refractivity contribution in [1.29, 1.82) is 0 Å². The molecule has 4 rings (SSSR count). The van der Waals surface area contributed by atoms with E-state index in [0.29, 0.717) is 11.8 Å². The standard InChI is InChI=1S/C17H9F2N3O5S/c18-9-6-11(19)15-13(7-9)28-17(20-15)21(8-10-2-1-5-26-10)16(23)12-3-4-14(27-12)22(24)25/h1-7H,8H2. The molecule has 142 valence electrons. The average molecular weight is 405 g/mol. The summed E-state index contributed by atoms with van der Waals surface area (Å²) in [5.41, 5.74) is -0.0935. The summed E-state index contributed by atoms with van der Waals surface area (Å²) >= 11 is 0.888. The zero-order valence-corrected chi connectivity index (χ0v) is 14.6. The highest BCUT2D eigenvalue weighted by molar-refractivity contribution is 7.22. The van der Waals surface area contributed by atoms with Crippen LogP contribution in [0.25, 0.3) is 10.2 Å². The van der Waals surface area contributed by atoms with Gasteiger partial charge in [-0.3, -0.25) is 19.8 Å². The van der Waals surface area contributed by atoms with Gasteiger partial charge in [0.2, 0.25) is 0 Å². The molecule has 8 nitrogen and oxygen atoms in total. The number of rotatable bonds is 5. The van der Waals surface area contributed by atoms with Crippen molar-refractivity contribution in [3.8, 4) is 0 Å². The third-order valence-electron chi connectivity index (χ3n) is 3.75. The minimum Gasteiger partial charge on any atom is -0.467 e. The normalized spacial score (nSPS) is 11.1. The van der Waals surface area contributed by atoms with Crippen LogP contribution in [0.15, 0.2) is 51.5 Å². The summed E-state index contributed by atoms with van der Waals surface area (Å²) in [6.45, 7) is -0.0930. The number of amides is 1. The highest BCUT2D eigenvalue weighted by atomic mass is 32.1. The largest absolute Gasteiger partial charge is 0.467 e. The average Bonchev–Trinajstić information content (AvgIpc) is 3.38. The molecule has 0 atom stereocenters. The van der Waals surface area contributed by atoms with Crippen molar-refractivity contribution in [2.45, 2.75) is 6.54 Å². The molecule has 1 aromatic carbocycles. The van der Waals surface area contributed by atoms with Gasteiger partial charge in [0.05, 0.1) is 23.6 Å². The second kappa shape index (κ2) is 6.85. The third-order valence-corrected chi connectivity index (χ3v) is 4.78. The predicted octanol–water partition coefficient (Wildman–Crippen LogP) is 4.52. The number of thiazole rings is 1. The Morgan fingerprint density at radius 2 is 2.11 bits per heavy atom. The highest BCUT2D eigenvalue weighted by Crippen LogP contribution is 2.33. The number of anilines is 1. The predicted molar refractivity (Wildman–Crippen MR) is 94.1 cm³/mol. The monoisotopic (exact) mass is 405 g/mol. The number of nitrogens with zero attached hydrogens (tertiary/aromatic N) is 3. The number of halogens is 2. The van der Waals surface area contributed by atoms with Gasteiger partial charge in [0.25, 0.3) is 5.91 Å². The molecule has 1 amide bonds. The topological polar surface area (TPSA) is 103 Å². The lowest BCUT2D eigenvalue weighted by Crippen LogP contribution is -2.29. The molecule has 0 saturated carbocycles. The van der Waals surface area contributed by atoms with E-state index in [4.69, 9.17) is 8.83 Å². The Labute approximate surface area is 158 Å². The maximum absolute atomic E-state index is 14.0.